The highest BCUT2D eigenvalue weighted by Gasteiger charge is 2.31. The molecule has 140 valence electrons. The zero-order valence-electron chi connectivity index (χ0n) is 14.9. The Balaban J connectivity index is 1.68. The molecule has 2 aromatic heterocycles. The molecule has 0 unspecified atom stereocenters. The van der Waals surface area contributed by atoms with Crippen LogP contribution in [0.4, 0.5) is 4.39 Å². The van der Waals surface area contributed by atoms with Gasteiger partial charge in [0.05, 0.1) is 5.56 Å². The topological polar surface area (TPSA) is 74.7 Å². The molecule has 9 heteroatoms. The molecule has 0 amide bonds. The first-order valence-electron chi connectivity index (χ1n) is 8.56. The highest BCUT2D eigenvalue weighted by Crippen LogP contribution is 2.41. The molecular weight excluding hydrogens is 369 g/mol. The van der Waals surface area contributed by atoms with Gasteiger partial charge in [-0.15, -0.1) is 10.2 Å². The number of rotatable bonds is 5. The molecule has 1 aliphatic carbocycles. The lowest BCUT2D eigenvalue weighted by Gasteiger charge is -2.11. The van der Waals surface area contributed by atoms with Crippen LogP contribution in [0, 0.1) is 5.82 Å². The number of halogens is 1. The van der Waals surface area contributed by atoms with Gasteiger partial charge in [0.15, 0.2) is 11.0 Å². The van der Waals surface area contributed by atoms with E-state index in [0.717, 1.165) is 17.4 Å². The highest BCUT2D eigenvalue weighted by atomic mass is 32.2. The van der Waals surface area contributed by atoms with Gasteiger partial charge < -0.3 is 0 Å². The highest BCUT2D eigenvalue weighted by molar-refractivity contribution is 7.98. The first kappa shape index (κ1) is 17.7. The third-order valence-corrected chi connectivity index (χ3v) is 5.64. The molecule has 3 aromatic rings. The fourth-order valence-electron chi connectivity index (χ4n) is 2.92. The molecule has 4 rings (SSSR count). The van der Waals surface area contributed by atoms with E-state index < -0.39 is 0 Å². The molecule has 1 saturated carbocycles. The minimum absolute atomic E-state index is 0.254. The van der Waals surface area contributed by atoms with Gasteiger partial charge in [0.1, 0.15) is 5.82 Å². The normalized spacial score (nSPS) is 13.9. The minimum Gasteiger partial charge on any atom is -0.300 e. The van der Waals surface area contributed by atoms with Crippen LogP contribution < -0.4 is 11.2 Å². The van der Waals surface area contributed by atoms with Gasteiger partial charge >= 0.3 is 5.69 Å². The standard InChI is InChI=1S/C18H18FN5O2S/c1-22-12(9-15(25)23(2)18(22)26)10-27-17-21-20-16(24(17)11-7-8-11)13-5-3-4-6-14(13)19/h3-6,9,11H,7-8,10H2,1-2H3. The van der Waals surface area contributed by atoms with Crippen LogP contribution in [0.3, 0.4) is 0 Å². The van der Waals surface area contributed by atoms with Crippen LogP contribution >= 0.6 is 11.8 Å². The first-order chi connectivity index (χ1) is 13.0. The van der Waals surface area contributed by atoms with Crippen molar-refractivity contribution in [2.45, 2.75) is 29.8 Å². The molecule has 1 aliphatic rings. The zero-order chi connectivity index (χ0) is 19.1. The van der Waals surface area contributed by atoms with E-state index in [-0.39, 0.29) is 23.1 Å². The van der Waals surface area contributed by atoms with Gasteiger partial charge in [0.25, 0.3) is 5.56 Å². The Morgan fingerprint density at radius 3 is 2.59 bits per heavy atom. The smallest absolute Gasteiger partial charge is 0.300 e. The van der Waals surface area contributed by atoms with Crippen LogP contribution in [-0.2, 0) is 19.8 Å². The Labute approximate surface area is 158 Å². The van der Waals surface area contributed by atoms with Crippen molar-refractivity contribution in [3.05, 3.63) is 62.7 Å². The number of hydrogen-bond acceptors (Lipinski definition) is 5. The Hall–Kier alpha value is -2.68. The van der Waals surface area contributed by atoms with E-state index in [0.29, 0.717) is 28.0 Å². The molecule has 0 atom stereocenters. The molecule has 0 spiro atoms. The Morgan fingerprint density at radius 2 is 1.89 bits per heavy atom. The quantitative estimate of drug-likeness (QED) is 0.627. The summed E-state index contributed by atoms with van der Waals surface area (Å²) in [5.41, 5.74) is 0.314. The van der Waals surface area contributed by atoms with E-state index in [1.807, 2.05) is 4.57 Å². The lowest BCUT2D eigenvalue weighted by molar-refractivity contribution is 0.622. The molecular formula is C18H18FN5O2S. The maximum absolute atomic E-state index is 14.2. The van der Waals surface area contributed by atoms with Gasteiger partial charge in [-0.1, -0.05) is 23.9 Å². The van der Waals surface area contributed by atoms with Crippen molar-refractivity contribution in [2.75, 3.05) is 0 Å². The molecule has 27 heavy (non-hydrogen) atoms. The average molecular weight is 387 g/mol. The maximum atomic E-state index is 14.2. The van der Waals surface area contributed by atoms with Crippen LogP contribution in [0.5, 0.6) is 0 Å². The molecule has 1 fully saturated rings. The molecule has 0 radical (unpaired) electrons. The fraction of sp³-hybridized carbons (Fsp3) is 0.333. The Kier molecular flexibility index (Phi) is 4.47. The van der Waals surface area contributed by atoms with Crippen LogP contribution in [0.2, 0.25) is 0 Å². The number of nitrogens with zero attached hydrogens (tertiary/aromatic N) is 5. The van der Waals surface area contributed by atoms with Gasteiger partial charge in [0, 0.05) is 37.7 Å². The van der Waals surface area contributed by atoms with Crippen molar-refractivity contribution in [3.8, 4) is 11.4 Å². The molecule has 1 aromatic carbocycles. The summed E-state index contributed by atoms with van der Waals surface area (Å²) in [6.45, 7) is 0. The second kappa shape index (κ2) is 6.80. The molecule has 0 aliphatic heterocycles. The van der Waals surface area contributed by atoms with Crippen molar-refractivity contribution < 1.29 is 4.39 Å². The van der Waals surface area contributed by atoms with E-state index in [9.17, 15) is 14.0 Å². The lowest BCUT2D eigenvalue weighted by atomic mass is 10.2. The molecule has 0 bridgehead atoms. The second-order valence-electron chi connectivity index (χ2n) is 6.55. The van der Waals surface area contributed by atoms with Crippen LogP contribution in [-0.4, -0.2) is 23.9 Å². The number of benzene rings is 1. The van der Waals surface area contributed by atoms with Crippen molar-refractivity contribution in [2.24, 2.45) is 14.1 Å². The van der Waals surface area contributed by atoms with E-state index >= 15 is 0 Å². The van der Waals surface area contributed by atoms with Gasteiger partial charge in [-0.05, 0) is 25.0 Å². The summed E-state index contributed by atoms with van der Waals surface area (Å²) in [5, 5.41) is 9.11. The van der Waals surface area contributed by atoms with Crippen molar-refractivity contribution in [3.63, 3.8) is 0 Å². The third-order valence-electron chi connectivity index (χ3n) is 4.67. The van der Waals surface area contributed by atoms with E-state index in [1.54, 1.807) is 25.2 Å². The van der Waals surface area contributed by atoms with Gasteiger partial charge in [-0.25, -0.2) is 9.18 Å². The molecule has 0 saturated heterocycles. The van der Waals surface area contributed by atoms with Gasteiger partial charge in [-0.3, -0.25) is 18.5 Å². The monoisotopic (exact) mass is 387 g/mol. The predicted molar refractivity (Wildman–Crippen MR) is 100 cm³/mol. The number of thioether (sulfide) groups is 1. The molecule has 0 N–H and O–H groups in total. The van der Waals surface area contributed by atoms with Crippen molar-refractivity contribution >= 4 is 11.8 Å². The van der Waals surface area contributed by atoms with Crippen LogP contribution in [0.15, 0.2) is 45.1 Å². The Bertz CT molecular complexity index is 1130. The fourth-order valence-corrected chi connectivity index (χ4v) is 3.95. The van der Waals surface area contributed by atoms with Crippen molar-refractivity contribution in [1.29, 1.82) is 0 Å². The van der Waals surface area contributed by atoms with Crippen LogP contribution in [0.1, 0.15) is 24.6 Å². The maximum Gasteiger partial charge on any atom is 0.330 e. The average Bonchev–Trinajstić information content (AvgIpc) is 3.42. The number of hydrogen-bond donors (Lipinski definition) is 0. The van der Waals surface area contributed by atoms with Gasteiger partial charge in [-0.2, -0.15) is 0 Å². The first-order valence-corrected chi connectivity index (χ1v) is 9.54. The van der Waals surface area contributed by atoms with Crippen LogP contribution in [0.25, 0.3) is 11.4 Å². The summed E-state index contributed by atoms with van der Waals surface area (Å²) in [5.74, 6) is 0.567. The van der Waals surface area contributed by atoms with Crippen molar-refractivity contribution in [1.82, 2.24) is 23.9 Å². The summed E-state index contributed by atoms with van der Waals surface area (Å²) < 4.78 is 18.7. The van der Waals surface area contributed by atoms with Gasteiger partial charge in [0.2, 0.25) is 0 Å². The molecule has 2 heterocycles. The summed E-state index contributed by atoms with van der Waals surface area (Å²) in [6, 6.07) is 8.21. The second-order valence-corrected chi connectivity index (χ2v) is 7.49. The number of aromatic nitrogens is 5. The molecule has 7 nitrogen and oxygen atoms in total. The summed E-state index contributed by atoms with van der Waals surface area (Å²) in [4.78, 5) is 24.0. The largest absolute Gasteiger partial charge is 0.330 e. The summed E-state index contributed by atoms with van der Waals surface area (Å²) in [6.07, 6.45) is 1.99. The zero-order valence-corrected chi connectivity index (χ0v) is 15.7. The van der Waals surface area contributed by atoms with E-state index in [1.165, 1.54) is 35.5 Å². The SMILES string of the molecule is Cn1c(CSc2nnc(-c3ccccc3F)n2C2CC2)cc(=O)n(C)c1=O. The third kappa shape index (κ3) is 3.23. The summed E-state index contributed by atoms with van der Waals surface area (Å²) in [7, 11) is 3.08. The lowest BCUT2D eigenvalue weighted by Crippen LogP contribution is -2.37. The van der Waals surface area contributed by atoms with E-state index in [2.05, 4.69) is 10.2 Å². The summed E-state index contributed by atoms with van der Waals surface area (Å²) >= 11 is 1.39. The predicted octanol–water partition coefficient (Wildman–Crippen LogP) is 2.11. The van der Waals surface area contributed by atoms with E-state index in [4.69, 9.17) is 0 Å². The Morgan fingerprint density at radius 1 is 1.15 bits per heavy atom. The minimum atomic E-state index is -0.367.